The molecule has 2 aromatic heterocycles. The molecule has 0 aliphatic rings. The first-order chi connectivity index (χ1) is 19.8. The molecule has 0 unspecified atom stereocenters. The van der Waals surface area contributed by atoms with Gasteiger partial charge in [-0.05, 0) is 78.7 Å². The molecule has 9 aromatic rings. The second-order valence-corrected chi connectivity index (χ2v) is 11.4. The van der Waals surface area contributed by atoms with Crippen molar-refractivity contribution >= 4 is 75.7 Å². The van der Waals surface area contributed by atoms with Crippen LogP contribution in [0.5, 0.6) is 0 Å². The molecule has 0 saturated carbocycles. The van der Waals surface area contributed by atoms with E-state index in [4.69, 9.17) is 4.42 Å². The molecule has 1 nitrogen and oxygen atoms in total. The Morgan fingerprint density at radius 2 is 1.07 bits per heavy atom. The Balaban J connectivity index is 1.45. The first-order valence-corrected chi connectivity index (χ1v) is 14.5. The van der Waals surface area contributed by atoms with E-state index in [1.807, 2.05) is 17.4 Å². The summed E-state index contributed by atoms with van der Waals surface area (Å²) < 4.78 is 7.59. The number of thiophene rings is 1. The van der Waals surface area contributed by atoms with Gasteiger partial charge in [-0.3, -0.25) is 0 Å². The van der Waals surface area contributed by atoms with Gasteiger partial charge in [0.1, 0.15) is 11.2 Å². The van der Waals surface area contributed by atoms with Gasteiger partial charge in [0.2, 0.25) is 0 Å². The molecule has 0 atom stereocenters. The van der Waals surface area contributed by atoms with E-state index in [-0.39, 0.29) is 0 Å². The summed E-state index contributed by atoms with van der Waals surface area (Å²) in [5.74, 6) is 0. The highest BCUT2D eigenvalue weighted by molar-refractivity contribution is 7.18. The van der Waals surface area contributed by atoms with Crippen LogP contribution >= 0.6 is 11.3 Å². The van der Waals surface area contributed by atoms with Crippen molar-refractivity contribution in [2.75, 3.05) is 0 Å². The second kappa shape index (κ2) is 8.29. The van der Waals surface area contributed by atoms with E-state index in [1.165, 1.54) is 75.4 Å². The molecule has 0 bridgehead atoms. The largest absolute Gasteiger partial charge is 0.456 e. The minimum absolute atomic E-state index is 0.934. The molecule has 0 spiro atoms. The maximum absolute atomic E-state index is 6.31. The number of fused-ring (bicyclic) bond motifs is 8. The fraction of sp³-hybridized carbons (Fsp3) is 0. The first-order valence-electron chi connectivity index (χ1n) is 13.6. The van der Waals surface area contributed by atoms with E-state index in [2.05, 4.69) is 127 Å². The lowest BCUT2D eigenvalue weighted by molar-refractivity contribution is 0.669. The van der Waals surface area contributed by atoms with Crippen molar-refractivity contribution in [2.24, 2.45) is 0 Å². The summed E-state index contributed by atoms with van der Waals surface area (Å²) in [5, 5.41) is 13.6. The van der Waals surface area contributed by atoms with Crippen LogP contribution in [0.3, 0.4) is 0 Å². The van der Waals surface area contributed by atoms with Crippen molar-refractivity contribution < 1.29 is 4.42 Å². The van der Waals surface area contributed by atoms with Crippen molar-refractivity contribution in [3.8, 4) is 22.3 Å². The van der Waals surface area contributed by atoms with E-state index in [0.717, 1.165) is 11.2 Å². The molecule has 7 aromatic carbocycles. The van der Waals surface area contributed by atoms with Gasteiger partial charge < -0.3 is 4.42 Å². The van der Waals surface area contributed by atoms with E-state index < -0.39 is 0 Å². The molecule has 0 fully saturated rings. The highest BCUT2D eigenvalue weighted by atomic mass is 32.1. The number of benzene rings is 7. The molecular formula is C38H22OS. The van der Waals surface area contributed by atoms with Gasteiger partial charge in [0.25, 0.3) is 0 Å². The lowest BCUT2D eigenvalue weighted by Crippen LogP contribution is -1.90. The summed E-state index contributed by atoms with van der Waals surface area (Å²) >= 11 is 1.81. The summed E-state index contributed by atoms with van der Waals surface area (Å²) in [7, 11) is 0. The molecule has 0 amide bonds. The van der Waals surface area contributed by atoms with Crippen molar-refractivity contribution in [2.45, 2.75) is 0 Å². The fourth-order valence-corrected chi connectivity index (χ4v) is 7.56. The smallest absolute Gasteiger partial charge is 0.136 e. The van der Waals surface area contributed by atoms with Crippen LogP contribution in [0.1, 0.15) is 0 Å². The van der Waals surface area contributed by atoms with Crippen LogP contribution in [0.25, 0.3) is 86.6 Å². The zero-order valence-corrected chi connectivity index (χ0v) is 22.3. The third kappa shape index (κ3) is 3.03. The SMILES string of the molecule is c1ccc2cc(-c3c4ccccc4c(-c4csc5ccc6oc7ccccc7c6c45)c4ccccc34)ccc2c1. The van der Waals surface area contributed by atoms with E-state index in [9.17, 15) is 0 Å². The number of rotatable bonds is 2. The molecule has 0 aliphatic heterocycles. The van der Waals surface area contributed by atoms with Gasteiger partial charge in [-0.15, -0.1) is 11.3 Å². The molecular weight excluding hydrogens is 504 g/mol. The van der Waals surface area contributed by atoms with Crippen molar-refractivity contribution in [3.63, 3.8) is 0 Å². The molecule has 40 heavy (non-hydrogen) atoms. The van der Waals surface area contributed by atoms with Crippen molar-refractivity contribution in [1.82, 2.24) is 0 Å². The Bertz CT molecular complexity index is 2380. The molecule has 186 valence electrons. The van der Waals surface area contributed by atoms with Gasteiger partial charge in [-0.25, -0.2) is 0 Å². The van der Waals surface area contributed by atoms with Gasteiger partial charge in [-0.1, -0.05) is 103 Å². The number of hydrogen-bond acceptors (Lipinski definition) is 2. The van der Waals surface area contributed by atoms with Crippen LogP contribution in [0.15, 0.2) is 137 Å². The predicted octanol–water partition coefficient (Wildman–Crippen LogP) is 11.6. The zero-order chi connectivity index (χ0) is 26.2. The Labute approximate surface area is 234 Å². The van der Waals surface area contributed by atoms with Crippen LogP contribution < -0.4 is 0 Å². The topological polar surface area (TPSA) is 13.1 Å². The Kier molecular flexibility index (Phi) is 4.55. The lowest BCUT2D eigenvalue weighted by Gasteiger charge is -2.18. The molecule has 0 N–H and O–H groups in total. The van der Waals surface area contributed by atoms with Gasteiger partial charge in [0.05, 0.1) is 0 Å². The quantitative estimate of drug-likeness (QED) is 0.204. The Morgan fingerprint density at radius 1 is 0.450 bits per heavy atom. The monoisotopic (exact) mass is 526 g/mol. The maximum Gasteiger partial charge on any atom is 0.136 e. The summed E-state index contributed by atoms with van der Waals surface area (Å²) in [6, 6.07) is 46.0. The van der Waals surface area contributed by atoms with Crippen molar-refractivity contribution in [1.29, 1.82) is 0 Å². The summed E-state index contributed by atoms with van der Waals surface area (Å²) in [6.07, 6.45) is 0. The average Bonchev–Trinajstić information content (AvgIpc) is 3.61. The third-order valence-electron chi connectivity index (χ3n) is 8.32. The van der Waals surface area contributed by atoms with Crippen LogP contribution in [0.2, 0.25) is 0 Å². The summed E-state index contributed by atoms with van der Waals surface area (Å²) in [4.78, 5) is 0. The third-order valence-corrected chi connectivity index (χ3v) is 9.26. The van der Waals surface area contributed by atoms with Crippen LogP contribution in [0, 0.1) is 0 Å². The fourth-order valence-electron chi connectivity index (χ4n) is 6.60. The van der Waals surface area contributed by atoms with E-state index in [1.54, 1.807) is 0 Å². The molecule has 2 heteroatoms. The molecule has 0 saturated heterocycles. The minimum Gasteiger partial charge on any atom is -0.456 e. The van der Waals surface area contributed by atoms with Crippen LogP contribution in [-0.4, -0.2) is 0 Å². The minimum atomic E-state index is 0.934. The van der Waals surface area contributed by atoms with Gasteiger partial charge >= 0.3 is 0 Å². The number of hydrogen-bond donors (Lipinski definition) is 0. The zero-order valence-electron chi connectivity index (χ0n) is 21.5. The average molecular weight is 527 g/mol. The van der Waals surface area contributed by atoms with Crippen molar-refractivity contribution in [3.05, 3.63) is 133 Å². The highest BCUT2D eigenvalue weighted by Gasteiger charge is 2.21. The number of para-hydroxylation sites is 1. The predicted molar refractivity (Wildman–Crippen MR) is 172 cm³/mol. The van der Waals surface area contributed by atoms with E-state index >= 15 is 0 Å². The molecule has 2 heterocycles. The second-order valence-electron chi connectivity index (χ2n) is 10.5. The molecule has 0 aliphatic carbocycles. The van der Waals surface area contributed by atoms with Gasteiger partial charge in [-0.2, -0.15) is 0 Å². The van der Waals surface area contributed by atoms with Gasteiger partial charge in [0.15, 0.2) is 0 Å². The Morgan fingerprint density at radius 3 is 1.82 bits per heavy atom. The summed E-state index contributed by atoms with van der Waals surface area (Å²) in [5.41, 5.74) is 6.97. The normalized spacial score (nSPS) is 12.0. The standard InChI is InChI=1S/C38H22OS/c1-2-10-24-21-25(18-17-23(24)9-1)35-26-11-3-5-13-28(26)36(29-14-6-4-12-27(29)35)31-22-40-34-20-19-33-37(38(31)34)30-15-7-8-16-32(30)39-33/h1-22H. The number of furan rings is 1. The molecule has 0 radical (unpaired) electrons. The van der Waals surface area contributed by atoms with E-state index in [0.29, 0.717) is 0 Å². The highest BCUT2D eigenvalue weighted by Crippen LogP contribution is 2.49. The summed E-state index contributed by atoms with van der Waals surface area (Å²) in [6.45, 7) is 0. The Hall–Kier alpha value is -4.92. The van der Waals surface area contributed by atoms with Gasteiger partial charge in [0, 0.05) is 26.4 Å². The lowest BCUT2D eigenvalue weighted by atomic mass is 9.85. The maximum atomic E-state index is 6.31. The van der Waals surface area contributed by atoms with Crippen LogP contribution in [-0.2, 0) is 0 Å². The van der Waals surface area contributed by atoms with Crippen LogP contribution in [0.4, 0.5) is 0 Å². The first kappa shape index (κ1) is 22.0. The molecule has 9 rings (SSSR count).